The quantitative estimate of drug-likeness (QED) is 0.202. The van der Waals surface area contributed by atoms with Crippen molar-refractivity contribution in [1.82, 2.24) is 5.32 Å². The molecule has 10 heteroatoms. The minimum atomic E-state index is -1.82. The minimum Gasteiger partial charge on any atom is -0.480 e. The number of hydrogen-bond donors (Lipinski definition) is 3. The van der Waals surface area contributed by atoms with Gasteiger partial charge in [-0.15, -0.1) is 11.8 Å². The van der Waals surface area contributed by atoms with Gasteiger partial charge in [-0.25, -0.2) is 0 Å². The topological polar surface area (TPSA) is 147 Å². The molecule has 1 unspecified atom stereocenters. The van der Waals surface area contributed by atoms with Crippen molar-refractivity contribution in [3.63, 3.8) is 0 Å². The fourth-order valence-electron chi connectivity index (χ4n) is 3.56. The number of ether oxygens (including phenoxy) is 1. The van der Waals surface area contributed by atoms with Crippen LogP contribution in [0.15, 0.2) is 0 Å². The summed E-state index contributed by atoms with van der Waals surface area (Å²) in [4.78, 5) is 58.4. The summed E-state index contributed by atoms with van der Waals surface area (Å²) >= 11 is 1.07. The Morgan fingerprint density at radius 3 is 2.16 bits per heavy atom. The fraction of sp³-hybridized carbons (Fsp3) is 0.762. The van der Waals surface area contributed by atoms with Crippen LogP contribution in [0.4, 0.5) is 0 Å². The van der Waals surface area contributed by atoms with Crippen molar-refractivity contribution in [1.29, 1.82) is 0 Å². The number of rotatable bonds is 14. The lowest BCUT2D eigenvalue weighted by atomic mass is 9.73. The SMILES string of the molecule is CCCCCCC(NC(=O)CSCC(=O)OC1CCC(C(=O)O)(C(=O)O)CC1)C(C)=O. The predicted molar refractivity (Wildman–Crippen MR) is 115 cm³/mol. The van der Waals surface area contributed by atoms with Crippen LogP contribution in [0.1, 0.15) is 71.6 Å². The van der Waals surface area contributed by atoms with Crippen molar-refractivity contribution >= 4 is 41.4 Å². The van der Waals surface area contributed by atoms with E-state index in [2.05, 4.69) is 12.2 Å². The van der Waals surface area contributed by atoms with Gasteiger partial charge in [-0.05, 0) is 39.0 Å². The van der Waals surface area contributed by atoms with Gasteiger partial charge >= 0.3 is 17.9 Å². The van der Waals surface area contributed by atoms with Crippen LogP contribution < -0.4 is 5.32 Å². The number of Topliss-reactive ketones (excluding diaryl/α,β-unsaturated/α-hetero) is 1. The van der Waals surface area contributed by atoms with Gasteiger partial charge in [-0.1, -0.05) is 32.6 Å². The molecule has 9 nitrogen and oxygen atoms in total. The molecular formula is C21H33NO8S. The number of ketones is 1. The maximum atomic E-state index is 12.1. The molecule has 1 aliphatic rings. The van der Waals surface area contributed by atoms with E-state index < -0.39 is 35.5 Å². The second kappa shape index (κ2) is 13.3. The molecule has 0 aliphatic heterocycles. The number of amides is 1. The summed E-state index contributed by atoms with van der Waals surface area (Å²) in [6.45, 7) is 3.54. The number of thioether (sulfide) groups is 1. The molecule has 31 heavy (non-hydrogen) atoms. The van der Waals surface area contributed by atoms with E-state index in [9.17, 15) is 34.2 Å². The first-order chi connectivity index (χ1) is 14.6. The smallest absolute Gasteiger partial charge is 0.321 e. The number of esters is 1. The Morgan fingerprint density at radius 2 is 1.65 bits per heavy atom. The lowest BCUT2D eigenvalue weighted by Gasteiger charge is -2.33. The van der Waals surface area contributed by atoms with E-state index in [1.54, 1.807) is 0 Å². The van der Waals surface area contributed by atoms with Crippen molar-refractivity contribution in [3.05, 3.63) is 0 Å². The Bertz CT molecular complexity index is 642. The average molecular weight is 460 g/mol. The van der Waals surface area contributed by atoms with E-state index in [0.717, 1.165) is 37.4 Å². The zero-order valence-electron chi connectivity index (χ0n) is 18.2. The summed E-state index contributed by atoms with van der Waals surface area (Å²) in [6.07, 6.45) is 4.24. The van der Waals surface area contributed by atoms with Crippen LogP contribution in [-0.4, -0.2) is 63.5 Å². The number of nitrogens with one attached hydrogen (secondary N) is 1. The highest BCUT2D eigenvalue weighted by Gasteiger charge is 2.49. The molecule has 0 aromatic carbocycles. The van der Waals surface area contributed by atoms with Gasteiger partial charge in [0.2, 0.25) is 5.91 Å². The van der Waals surface area contributed by atoms with Gasteiger partial charge < -0.3 is 20.3 Å². The summed E-state index contributed by atoms with van der Waals surface area (Å²) in [5.74, 6) is -3.75. The highest BCUT2D eigenvalue weighted by atomic mass is 32.2. The van der Waals surface area contributed by atoms with Gasteiger partial charge in [0.1, 0.15) is 6.10 Å². The van der Waals surface area contributed by atoms with Crippen molar-refractivity contribution in [3.8, 4) is 0 Å². The van der Waals surface area contributed by atoms with Gasteiger partial charge in [0.15, 0.2) is 11.2 Å². The second-order valence-corrected chi connectivity index (χ2v) is 8.94. The highest BCUT2D eigenvalue weighted by molar-refractivity contribution is 8.00. The summed E-state index contributed by atoms with van der Waals surface area (Å²) in [5, 5.41) is 21.1. The van der Waals surface area contributed by atoms with Crippen LogP contribution in [0.5, 0.6) is 0 Å². The van der Waals surface area contributed by atoms with E-state index in [1.807, 2.05) is 0 Å². The van der Waals surface area contributed by atoms with E-state index >= 15 is 0 Å². The molecule has 1 atom stereocenters. The van der Waals surface area contributed by atoms with E-state index in [-0.39, 0.29) is 48.9 Å². The third-order valence-corrected chi connectivity index (χ3v) is 6.43. The number of unbranched alkanes of at least 4 members (excludes halogenated alkanes) is 3. The molecule has 1 rings (SSSR count). The molecule has 0 radical (unpaired) electrons. The first-order valence-electron chi connectivity index (χ1n) is 10.7. The van der Waals surface area contributed by atoms with Crippen molar-refractivity contribution < 1.29 is 38.9 Å². The van der Waals surface area contributed by atoms with Gasteiger partial charge in [0.25, 0.3) is 0 Å². The molecule has 0 bridgehead atoms. The maximum absolute atomic E-state index is 12.1. The van der Waals surface area contributed by atoms with Crippen LogP contribution in [0.2, 0.25) is 0 Å². The van der Waals surface area contributed by atoms with E-state index in [1.165, 1.54) is 6.92 Å². The molecule has 3 N–H and O–H groups in total. The summed E-state index contributed by atoms with van der Waals surface area (Å²) in [5.41, 5.74) is -1.82. The Labute approximate surface area is 186 Å². The molecule has 0 saturated heterocycles. The van der Waals surface area contributed by atoms with Crippen LogP contribution >= 0.6 is 11.8 Å². The van der Waals surface area contributed by atoms with Crippen molar-refractivity contribution in [2.24, 2.45) is 5.41 Å². The molecule has 0 spiro atoms. The number of hydrogen-bond acceptors (Lipinski definition) is 7. The molecule has 0 aromatic rings. The number of carboxylic acids is 2. The minimum absolute atomic E-state index is 0.0135. The molecule has 0 heterocycles. The highest BCUT2D eigenvalue weighted by Crippen LogP contribution is 2.38. The second-order valence-electron chi connectivity index (χ2n) is 7.95. The average Bonchev–Trinajstić information content (AvgIpc) is 2.70. The fourth-order valence-corrected chi connectivity index (χ4v) is 4.16. The third-order valence-electron chi connectivity index (χ3n) is 5.53. The summed E-state index contributed by atoms with van der Waals surface area (Å²) in [7, 11) is 0. The van der Waals surface area contributed by atoms with Gasteiger partial charge in [0, 0.05) is 0 Å². The first kappa shape index (κ1) is 26.9. The van der Waals surface area contributed by atoms with Gasteiger partial charge in [0.05, 0.1) is 17.5 Å². The van der Waals surface area contributed by atoms with Gasteiger partial charge in [-0.3, -0.25) is 24.0 Å². The van der Waals surface area contributed by atoms with E-state index in [4.69, 9.17) is 4.74 Å². The molecule has 1 amide bonds. The van der Waals surface area contributed by atoms with Crippen LogP contribution in [0.25, 0.3) is 0 Å². The van der Waals surface area contributed by atoms with Crippen LogP contribution in [0, 0.1) is 5.41 Å². The van der Waals surface area contributed by atoms with Crippen LogP contribution in [0.3, 0.4) is 0 Å². The predicted octanol–water partition coefficient (Wildman–Crippen LogP) is 2.41. The van der Waals surface area contributed by atoms with Crippen molar-refractivity contribution in [2.75, 3.05) is 11.5 Å². The number of carbonyl (C=O) groups excluding carboxylic acids is 3. The van der Waals surface area contributed by atoms with E-state index in [0.29, 0.717) is 6.42 Å². The lowest BCUT2D eigenvalue weighted by molar-refractivity contribution is -0.170. The Balaban J connectivity index is 2.32. The third kappa shape index (κ3) is 8.88. The Morgan fingerprint density at radius 1 is 1.03 bits per heavy atom. The molecule has 1 saturated carbocycles. The summed E-state index contributed by atoms with van der Waals surface area (Å²) in [6, 6.07) is -0.511. The maximum Gasteiger partial charge on any atom is 0.321 e. The Hall–Kier alpha value is -2.10. The zero-order valence-corrected chi connectivity index (χ0v) is 19.0. The Kier molecular flexibility index (Phi) is 11.6. The molecule has 0 aromatic heterocycles. The van der Waals surface area contributed by atoms with Crippen LogP contribution in [-0.2, 0) is 28.7 Å². The molecule has 1 aliphatic carbocycles. The largest absolute Gasteiger partial charge is 0.480 e. The summed E-state index contributed by atoms with van der Waals surface area (Å²) < 4.78 is 5.29. The number of aliphatic carboxylic acids is 2. The van der Waals surface area contributed by atoms with Crippen molar-refractivity contribution in [2.45, 2.75) is 83.8 Å². The number of carbonyl (C=O) groups is 5. The van der Waals surface area contributed by atoms with Gasteiger partial charge in [-0.2, -0.15) is 0 Å². The number of carboxylic acid groups (broad SMARTS) is 2. The first-order valence-corrected chi connectivity index (χ1v) is 11.8. The molecule has 176 valence electrons. The monoisotopic (exact) mass is 459 g/mol. The lowest BCUT2D eigenvalue weighted by Crippen LogP contribution is -2.44. The zero-order chi connectivity index (χ0) is 23.4. The normalized spacial score (nSPS) is 16.8. The molecular weight excluding hydrogens is 426 g/mol. The molecule has 1 fully saturated rings. The standard InChI is InChI=1S/C21H33NO8S/c1-3-4-5-6-7-16(14(2)23)22-17(24)12-31-13-18(25)30-15-8-10-21(11-9-15,19(26)27)20(28)29/h15-16H,3-13H2,1-2H3,(H,22,24)(H,26,27)(H,28,29).